The zero-order valence-electron chi connectivity index (χ0n) is 22.1. The van der Waals surface area contributed by atoms with Crippen LogP contribution in [0, 0.1) is 20.8 Å². The largest absolute Gasteiger partial charge is 0.352 e. The molecule has 0 radical (unpaired) electrons. The van der Waals surface area contributed by atoms with Crippen LogP contribution in [-0.2, 0) is 26.2 Å². The van der Waals surface area contributed by atoms with Gasteiger partial charge in [0.15, 0.2) is 0 Å². The van der Waals surface area contributed by atoms with Gasteiger partial charge in [-0.3, -0.25) is 13.9 Å². The van der Waals surface area contributed by atoms with Gasteiger partial charge in [0.05, 0.1) is 11.9 Å². The van der Waals surface area contributed by atoms with Crippen LogP contribution in [0.5, 0.6) is 0 Å². The van der Waals surface area contributed by atoms with Crippen LogP contribution in [0.1, 0.15) is 61.3 Å². The van der Waals surface area contributed by atoms with Gasteiger partial charge in [-0.05, 0) is 69.4 Å². The molecule has 0 aromatic heterocycles. The Morgan fingerprint density at radius 2 is 1.61 bits per heavy atom. The second-order valence-corrected chi connectivity index (χ2v) is 12.1. The second-order valence-electron chi connectivity index (χ2n) is 10.1. The third kappa shape index (κ3) is 7.56. The molecule has 1 atom stereocenters. The summed E-state index contributed by atoms with van der Waals surface area (Å²) < 4.78 is 26.6. The third-order valence-electron chi connectivity index (χ3n) is 6.73. The van der Waals surface area contributed by atoms with Crippen molar-refractivity contribution in [1.82, 2.24) is 10.2 Å². The van der Waals surface area contributed by atoms with Crippen LogP contribution in [0.25, 0.3) is 0 Å². The highest BCUT2D eigenvalue weighted by molar-refractivity contribution is 7.92. The van der Waals surface area contributed by atoms with Gasteiger partial charge in [0.1, 0.15) is 12.6 Å². The van der Waals surface area contributed by atoms with Gasteiger partial charge in [0.2, 0.25) is 21.8 Å². The van der Waals surface area contributed by atoms with Crippen molar-refractivity contribution in [3.63, 3.8) is 0 Å². The van der Waals surface area contributed by atoms with E-state index in [0.717, 1.165) is 58.5 Å². The summed E-state index contributed by atoms with van der Waals surface area (Å²) in [7, 11) is -3.74. The van der Waals surface area contributed by atoms with E-state index < -0.39 is 22.0 Å². The Morgan fingerprint density at radius 1 is 0.972 bits per heavy atom. The number of hydrogen-bond acceptors (Lipinski definition) is 4. The first kappa shape index (κ1) is 27.7. The molecule has 1 fully saturated rings. The fourth-order valence-electron chi connectivity index (χ4n) is 4.87. The van der Waals surface area contributed by atoms with Crippen LogP contribution >= 0.6 is 0 Å². The van der Waals surface area contributed by atoms with Crippen LogP contribution in [0.3, 0.4) is 0 Å². The van der Waals surface area contributed by atoms with E-state index in [4.69, 9.17) is 0 Å². The molecule has 1 aliphatic carbocycles. The van der Waals surface area contributed by atoms with E-state index in [1.165, 1.54) is 11.3 Å². The molecule has 0 heterocycles. The Morgan fingerprint density at radius 3 is 2.19 bits per heavy atom. The predicted molar refractivity (Wildman–Crippen MR) is 144 cm³/mol. The van der Waals surface area contributed by atoms with Gasteiger partial charge < -0.3 is 10.2 Å². The first-order chi connectivity index (χ1) is 16.9. The fourth-order valence-corrected chi connectivity index (χ4v) is 5.70. The van der Waals surface area contributed by atoms with E-state index in [1.807, 2.05) is 51.1 Å². The Balaban J connectivity index is 1.89. The lowest BCUT2D eigenvalue weighted by Gasteiger charge is -2.33. The van der Waals surface area contributed by atoms with Crippen molar-refractivity contribution in [2.24, 2.45) is 0 Å². The summed E-state index contributed by atoms with van der Waals surface area (Å²) >= 11 is 0. The molecule has 2 aromatic carbocycles. The molecule has 0 aliphatic heterocycles. The Labute approximate surface area is 215 Å². The highest BCUT2D eigenvalue weighted by atomic mass is 32.2. The molecule has 1 aliphatic rings. The quantitative estimate of drug-likeness (QED) is 0.543. The minimum Gasteiger partial charge on any atom is -0.352 e. The topological polar surface area (TPSA) is 86.8 Å². The van der Waals surface area contributed by atoms with E-state index in [2.05, 4.69) is 5.32 Å². The highest BCUT2D eigenvalue weighted by Gasteiger charge is 2.31. The summed E-state index contributed by atoms with van der Waals surface area (Å²) in [5, 5.41) is 3.12. The van der Waals surface area contributed by atoms with Gasteiger partial charge in [-0.15, -0.1) is 0 Å². The number of nitrogens with zero attached hydrogens (tertiary/aromatic N) is 2. The molecule has 36 heavy (non-hydrogen) atoms. The zero-order chi connectivity index (χ0) is 26.5. The minimum absolute atomic E-state index is 0.118. The number of rotatable bonds is 9. The van der Waals surface area contributed by atoms with Crippen LogP contribution < -0.4 is 9.62 Å². The maximum Gasteiger partial charge on any atom is 0.244 e. The maximum atomic E-state index is 13.7. The van der Waals surface area contributed by atoms with Gasteiger partial charge in [-0.2, -0.15) is 0 Å². The van der Waals surface area contributed by atoms with Crippen LogP contribution in [0.15, 0.2) is 42.5 Å². The molecule has 2 amide bonds. The number of nitrogens with one attached hydrogen (secondary N) is 1. The van der Waals surface area contributed by atoms with Crippen LogP contribution in [0.4, 0.5) is 5.69 Å². The summed E-state index contributed by atoms with van der Waals surface area (Å²) in [5.74, 6) is -0.632. The number of hydrogen-bond donors (Lipinski definition) is 1. The molecule has 1 N–H and O–H groups in total. The lowest BCUT2D eigenvalue weighted by molar-refractivity contribution is -0.139. The van der Waals surface area contributed by atoms with Gasteiger partial charge in [0.25, 0.3) is 0 Å². The molecule has 8 heteroatoms. The van der Waals surface area contributed by atoms with Crippen LogP contribution in [-0.4, -0.2) is 50.0 Å². The number of carbonyl (C=O) groups is 2. The summed E-state index contributed by atoms with van der Waals surface area (Å²) in [4.78, 5) is 28.4. The monoisotopic (exact) mass is 513 g/mol. The molecule has 1 saturated carbocycles. The molecule has 0 unspecified atom stereocenters. The number of carbonyl (C=O) groups excluding carboxylic acids is 2. The molecule has 7 nitrogen and oxygen atoms in total. The van der Waals surface area contributed by atoms with Crippen molar-refractivity contribution in [2.45, 2.75) is 78.4 Å². The maximum absolute atomic E-state index is 13.7. The average molecular weight is 514 g/mol. The zero-order valence-corrected chi connectivity index (χ0v) is 22.9. The predicted octanol–water partition coefficient (Wildman–Crippen LogP) is 4.24. The Kier molecular flexibility index (Phi) is 9.17. The van der Waals surface area contributed by atoms with Crippen molar-refractivity contribution in [1.29, 1.82) is 0 Å². The van der Waals surface area contributed by atoms with Gasteiger partial charge in [-0.25, -0.2) is 8.42 Å². The summed E-state index contributed by atoms with van der Waals surface area (Å²) in [6.07, 6.45) is 6.34. The van der Waals surface area contributed by atoms with Crippen molar-refractivity contribution in [2.75, 3.05) is 17.1 Å². The second kappa shape index (κ2) is 11.9. The number of sulfonamides is 1. The smallest absolute Gasteiger partial charge is 0.244 e. The fraction of sp³-hybridized carbons (Fsp3) is 0.500. The highest BCUT2D eigenvalue weighted by Crippen LogP contribution is 2.23. The van der Waals surface area contributed by atoms with E-state index in [9.17, 15) is 18.0 Å². The van der Waals surface area contributed by atoms with Crippen LogP contribution in [0.2, 0.25) is 0 Å². The first-order valence-corrected chi connectivity index (χ1v) is 14.5. The number of anilines is 1. The van der Waals surface area contributed by atoms with Crippen molar-refractivity contribution in [3.05, 3.63) is 64.7 Å². The van der Waals surface area contributed by atoms with Gasteiger partial charge >= 0.3 is 0 Å². The normalized spacial score (nSPS) is 15.2. The molecule has 0 spiro atoms. The number of aryl methyl sites for hydroxylation is 3. The summed E-state index contributed by atoms with van der Waals surface area (Å²) in [6.45, 7) is 7.30. The van der Waals surface area contributed by atoms with Crippen molar-refractivity contribution < 1.29 is 18.0 Å². The van der Waals surface area contributed by atoms with Gasteiger partial charge in [0, 0.05) is 12.6 Å². The van der Waals surface area contributed by atoms with E-state index in [1.54, 1.807) is 19.1 Å². The number of amides is 2. The van der Waals surface area contributed by atoms with Crippen molar-refractivity contribution >= 4 is 27.5 Å². The van der Waals surface area contributed by atoms with E-state index in [0.29, 0.717) is 5.69 Å². The van der Waals surface area contributed by atoms with E-state index in [-0.39, 0.29) is 25.0 Å². The summed E-state index contributed by atoms with van der Waals surface area (Å²) in [6, 6.07) is 12.6. The standard InChI is InChI=1S/C28H39N3O4S/c1-20-10-9-11-24(15-20)18-30(23(4)28(33)29-25-12-7-6-8-13-25)27(32)19-31(36(5,34)35)26-16-21(2)14-22(3)17-26/h9-11,14-17,23,25H,6-8,12-13,18-19H2,1-5H3,(H,29,33)/t23-/m1/s1. The molecular formula is C28H39N3O4S. The van der Waals surface area contributed by atoms with E-state index >= 15 is 0 Å². The molecule has 0 saturated heterocycles. The van der Waals surface area contributed by atoms with Gasteiger partial charge in [-0.1, -0.05) is 55.2 Å². The lowest BCUT2D eigenvalue weighted by atomic mass is 9.95. The van der Waals surface area contributed by atoms with Crippen molar-refractivity contribution in [3.8, 4) is 0 Å². The Bertz CT molecular complexity index is 1170. The Hall–Kier alpha value is -2.87. The third-order valence-corrected chi connectivity index (χ3v) is 7.87. The molecule has 196 valence electrons. The lowest BCUT2D eigenvalue weighted by Crippen LogP contribution is -2.53. The SMILES string of the molecule is Cc1cccc(CN(C(=O)CN(c2cc(C)cc(C)c2)S(C)(=O)=O)[C@H](C)C(=O)NC2CCCCC2)c1. The molecular weight excluding hydrogens is 474 g/mol. The number of benzene rings is 2. The summed E-state index contributed by atoms with van der Waals surface area (Å²) in [5.41, 5.74) is 4.19. The average Bonchev–Trinajstić information content (AvgIpc) is 2.79. The molecule has 3 rings (SSSR count). The first-order valence-electron chi connectivity index (χ1n) is 12.7. The molecule has 0 bridgehead atoms. The molecule has 2 aromatic rings. The minimum atomic E-state index is -3.74.